The van der Waals surface area contributed by atoms with Crippen molar-refractivity contribution in [3.8, 4) is 5.75 Å². The van der Waals surface area contributed by atoms with Crippen molar-refractivity contribution in [2.45, 2.75) is 25.8 Å². The molecule has 1 amide bonds. The number of carbonyl (C=O) groups excluding carboxylic acids is 1. The van der Waals surface area contributed by atoms with Gasteiger partial charge in [0.2, 0.25) is 5.91 Å². The Hall–Kier alpha value is -3.29. The van der Waals surface area contributed by atoms with Gasteiger partial charge in [-0.2, -0.15) is 0 Å². The third kappa shape index (κ3) is 3.71. The Kier molecular flexibility index (Phi) is 5.01. The molecule has 1 aliphatic heterocycles. The third-order valence-corrected chi connectivity index (χ3v) is 5.16. The number of aromatic nitrogens is 3. The van der Waals surface area contributed by atoms with E-state index in [9.17, 15) is 9.90 Å². The number of nitrogens with zero attached hydrogens (tertiary/aromatic N) is 3. The zero-order valence-electron chi connectivity index (χ0n) is 15.8. The van der Waals surface area contributed by atoms with Crippen LogP contribution in [0.5, 0.6) is 5.75 Å². The second-order valence-corrected chi connectivity index (χ2v) is 7.09. The molecule has 0 spiro atoms. The van der Waals surface area contributed by atoms with E-state index in [0.29, 0.717) is 6.54 Å². The topological polar surface area (TPSA) is 106 Å². The van der Waals surface area contributed by atoms with Gasteiger partial charge in [0.15, 0.2) is 0 Å². The average Bonchev–Trinajstić information content (AvgIpc) is 3.18. The van der Waals surface area contributed by atoms with Gasteiger partial charge in [-0.05, 0) is 38.0 Å². The van der Waals surface area contributed by atoms with E-state index in [0.717, 1.165) is 47.5 Å². The van der Waals surface area contributed by atoms with Crippen molar-refractivity contribution in [3.63, 3.8) is 0 Å². The van der Waals surface area contributed by atoms with E-state index in [1.54, 1.807) is 18.5 Å². The minimum Gasteiger partial charge on any atom is -0.508 e. The fourth-order valence-electron chi connectivity index (χ4n) is 3.67. The fraction of sp³-hybridized carbons (Fsp3) is 0.350. The van der Waals surface area contributed by atoms with Crippen molar-refractivity contribution < 1.29 is 9.90 Å². The van der Waals surface area contributed by atoms with Crippen LogP contribution in [0.3, 0.4) is 0 Å². The number of amides is 1. The number of nitrogens with one attached hydrogen (secondary N) is 3. The normalized spacial score (nSPS) is 16.9. The van der Waals surface area contributed by atoms with Crippen LogP contribution in [0.15, 0.2) is 36.8 Å². The number of piperidine rings is 1. The molecular weight excluding hydrogens is 356 g/mol. The number of fused-ring (bicyclic) bond motifs is 1. The molecular formula is C20H24N6O2. The highest BCUT2D eigenvalue weighted by Gasteiger charge is 2.23. The van der Waals surface area contributed by atoms with Crippen LogP contribution < -0.4 is 15.5 Å². The van der Waals surface area contributed by atoms with Crippen LogP contribution in [-0.2, 0) is 4.79 Å². The molecule has 4 N–H and O–H groups in total. The Morgan fingerprint density at radius 2 is 2.25 bits per heavy atom. The lowest BCUT2D eigenvalue weighted by molar-refractivity contribution is -0.120. The number of aromatic amines is 1. The molecule has 1 saturated heterocycles. The van der Waals surface area contributed by atoms with E-state index < -0.39 is 0 Å². The van der Waals surface area contributed by atoms with Gasteiger partial charge < -0.3 is 25.6 Å². The zero-order valence-corrected chi connectivity index (χ0v) is 15.8. The van der Waals surface area contributed by atoms with Gasteiger partial charge >= 0.3 is 0 Å². The van der Waals surface area contributed by atoms with Crippen LogP contribution >= 0.6 is 0 Å². The Balaban J connectivity index is 1.36. The highest BCUT2D eigenvalue weighted by Crippen LogP contribution is 2.25. The quantitative estimate of drug-likeness (QED) is 0.541. The first kappa shape index (κ1) is 18.1. The van der Waals surface area contributed by atoms with Gasteiger partial charge in [0, 0.05) is 36.6 Å². The molecule has 8 nitrogen and oxygen atoms in total. The lowest BCUT2D eigenvalue weighted by Gasteiger charge is -2.34. The largest absolute Gasteiger partial charge is 0.508 e. The molecule has 1 fully saturated rings. The second-order valence-electron chi connectivity index (χ2n) is 7.09. The first-order chi connectivity index (χ1) is 13.6. The third-order valence-electron chi connectivity index (χ3n) is 5.16. The molecule has 8 heteroatoms. The van der Waals surface area contributed by atoms with E-state index in [4.69, 9.17) is 0 Å². The number of H-pyrrole nitrogens is 1. The average molecular weight is 380 g/mol. The molecule has 0 saturated carbocycles. The Bertz CT molecular complexity index is 986. The summed E-state index contributed by atoms with van der Waals surface area (Å²) < 4.78 is 0. The molecule has 1 atom stereocenters. The molecule has 0 unspecified atom stereocenters. The summed E-state index contributed by atoms with van der Waals surface area (Å²) in [5, 5.41) is 17.0. The van der Waals surface area contributed by atoms with Gasteiger partial charge in [-0.1, -0.05) is 6.07 Å². The summed E-state index contributed by atoms with van der Waals surface area (Å²) in [5.74, 6) is 1.05. The summed E-state index contributed by atoms with van der Waals surface area (Å²) >= 11 is 0. The van der Waals surface area contributed by atoms with Gasteiger partial charge in [-0.25, -0.2) is 9.97 Å². The summed E-state index contributed by atoms with van der Waals surface area (Å²) in [4.78, 5) is 26.4. The molecule has 2 aromatic heterocycles. The van der Waals surface area contributed by atoms with Crippen molar-refractivity contribution >= 4 is 28.4 Å². The highest BCUT2D eigenvalue weighted by atomic mass is 16.3. The molecule has 4 rings (SSSR count). The lowest BCUT2D eigenvalue weighted by Crippen LogP contribution is -2.49. The summed E-state index contributed by atoms with van der Waals surface area (Å²) in [5.41, 5.74) is 2.32. The number of aromatic hydroxyl groups is 1. The Labute approximate surface area is 163 Å². The molecule has 0 aliphatic carbocycles. The van der Waals surface area contributed by atoms with Crippen molar-refractivity contribution in [2.24, 2.45) is 0 Å². The molecule has 28 heavy (non-hydrogen) atoms. The number of phenolic OH excluding ortho intramolecular Hbond substituents is 1. The zero-order chi connectivity index (χ0) is 19.5. The predicted molar refractivity (Wildman–Crippen MR) is 109 cm³/mol. The molecule has 0 bridgehead atoms. The van der Waals surface area contributed by atoms with E-state index in [1.807, 2.05) is 25.3 Å². The minimum absolute atomic E-state index is 0.0657. The van der Waals surface area contributed by atoms with Crippen LogP contribution in [0.2, 0.25) is 0 Å². The van der Waals surface area contributed by atoms with E-state index in [1.165, 1.54) is 0 Å². The summed E-state index contributed by atoms with van der Waals surface area (Å²) in [6.07, 6.45) is 5.35. The van der Waals surface area contributed by atoms with Crippen molar-refractivity contribution in [2.75, 3.05) is 29.9 Å². The first-order valence-corrected chi connectivity index (χ1v) is 9.46. The fourth-order valence-corrected chi connectivity index (χ4v) is 3.67. The van der Waals surface area contributed by atoms with Crippen LogP contribution in [0, 0.1) is 6.92 Å². The van der Waals surface area contributed by atoms with Crippen LogP contribution in [0.4, 0.5) is 11.5 Å². The summed E-state index contributed by atoms with van der Waals surface area (Å²) in [6.45, 7) is 3.60. The monoisotopic (exact) mass is 380 g/mol. The molecule has 146 valence electrons. The van der Waals surface area contributed by atoms with Crippen molar-refractivity contribution in [3.05, 3.63) is 42.4 Å². The molecule has 1 aromatic carbocycles. The van der Waals surface area contributed by atoms with Gasteiger partial charge in [0.05, 0.1) is 11.9 Å². The maximum atomic E-state index is 12.4. The second kappa shape index (κ2) is 7.75. The van der Waals surface area contributed by atoms with Crippen LogP contribution in [0.1, 0.15) is 18.4 Å². The number of rotatable bonds is 5. The number of hydrogen-bond acceptors (Lipinski definition) is 6. The molecule has 3 aromatic rings. The maximum Gasteiger partial charge on any atom is 0.239 e. The SMILES string of the molecule is Cc1c(O)cccc1NCC(=O)N[C@@H]1CCCN(c2ncnc3[nH]ccc23)C1. The maximum absolute atomic E-state index is 12.4. The van der Waals surface area contributed by atoms with Crippen LogP contribution in [0.25, 0.3) is 11.0 Å². The minimum atomic E-state index is -0.0657. The summed E-state index contributed by atoms with van der Waals surface area (Å²) in [7, 11) is 0. The number of anilines is 2. The Morgan fingerprint density at radius 1 is 1.36 bits per heavy atom. The molecule has 0 radical (unpaired) electrons. The molecule has 3 heterocycles. The van der Waals surface area contributed by atoms with E-state index in [2.05, 4.69) is 30.5 Å². The predicted octanol–water partition coefficient (Wildman–Crippen LogP) is 2.17. The first-order valence-electron chi connectivity index (χ1n) is 9.46. The van der Waals surface area contributed by atoms with Gasteiger partial charge in [0.1, 0.15) is 23.5 Å². The number of phenols is 1. The van der Waals surface area contributed by atoms with Gasteiger partial charge in [0.25, 0.3) is 0 Å². The van der Waals surface area contributed by atoms with Crippen molar-refractivity contribution in [1.29, 1.82) is 0 Å². The van der Waals surface area contributed by atoms with Gasteiger partial charge in [-0.15, -0.1) is 0 Å². The van der Waals surface area contributed by atoms with Crippen LogP contribution in [-0.4, -0.2) is 51.6 Å². The standard InChI is InChI=1S/C20H24N6O2/c1-13-16(5-2-6-17(13)27)22-10-18(28)25-14-4-3-9-26(11-14)20-15-7-8-21-19(15)23-12-24-20/h2,5-8,12,14,22,27H,3-4,9-11H2,1H3,(H,25,28)(H,21,23,24)/t14-/m1/s1. The van der Waals surface area contributed by atoms with E-state index >= 15 is 0 Å². The Morgan fingerprint density at radius 3 is 3.14 bits per heavy atom. The van der Waals surface area contributed by atoms with Gasteiger partial charge in [-0.3, -0.25) is 4.79 Å². The lowest BCUT2D eigenvalue weighted by atomic mass is 10.1. The van der Waals surface area contributed by atoms with E-state index in [-0.39, 0.29) is 24.2 Å². The number of carbonyl (C=O) groups is 1. The number of hydrogen-bond donors (Lipinski definition) is 4. The smallest absolute Gasteiger partial charge is 0.239 e. The summed E-state index contributed by atoms with van der Waals surface area (Å²) in [6, 6.07) is 7.28. The number of benzene rings is 1. The highest BCUT2D eigenvalue weighted by molar-refractivity contribution is 5.87. The molecule has 1 aliphatic rings. The van der Waals surface area contributed by atoms with Crippen molar-refractivity contribution in [1.82, 2.24) is 20.3 Å².